The number of benzene rings is 1. The smallest absolute Gasteiger partial charge is 0.317 e. The Morgan fingerprint density at radius 3 is 2.38 bits per heavy atom. The van der Waals surface area contributed by atoms with Crippen molar-refractivity contribution in [2.45, 2.75) is 18.7 Å². The van der Waals surface area contributed by atoms with Crippen LogP contribution in [0.2, 0.25) is 0 Å². The van der Waals surface area contributed by atoms with Crippen molar-refractivity contribution in [2.24, 2.45) is 0 Å². The Balaban J connectivity index is 2.15. The number of aryl methyl sites for hydroxylation is 1. The molecule has 0 atom stereocenters. The zero-order chi connectivity index (χ0) is 15.6. The van der Waals surface area contributed by atoms with Crippen LogP contribution in [0, 0.1) is 13.8 Å². The molecule has 1 N–H and O–H groups in total. The number of piperazine rings is 1. The number of hydrogen-bond acceptors (Lipinski definition) is 4. The number of aliphatic carboxylic acids is 1. The maximum Gasteiger partial charge on any atom is 0.317 e. The summed E-state index contributed by atoms with van der Waals surface area (Å²) in [7, 11) is -3.51. The van der Waals surface area contributed by atoms with Crippen LogP contribution in [0.3, 0.4) is 0 Å². The van der Waals surface area contributed by atoms with Gasteiger partial charge in [-0.1, -0.05) is 12.1 Å². The van der Waals surface area contributed by atoms with Gasteiger partial charge in [-0.3, -0.25) is 9.69 Å². The number of carboxylic acids is 1. The molecule has 21 heavy (non-hydrogen) atoms. The SMILES string of the molecule is Cc1cccc(S(=O)(=O)N2CCN(CC(=O)O)CC2)c1C. The molecule has 1 aliphatic heterocycles. The summed E-state index contributed by atoms with van der Waals surface area (Å²) < 4.78 is 26.8. The van der Waals surface area contributed by atoms with Gasteiger partial charge in [0.25, 0.3) is 0 Å². The molecule has 0 amide bonds. The van der Waals surface area contributed by atoms with E-state index in [2.05, 4.69) is 0 Å². The molecule has 0 radical (unpaired) electrons. The normalized spacial score (nSPS) is 17.8. The van der Waals surface area contributed by atoms with E-state index in [1.165, 1.54) is 4.31 Å². The molecular weight excluding hydrogens is 292 g/mol. The van der Waals surface area contributed by atoms with Gasteiger partial charge in [0.1, 0.15) is 0 Å². The summed E-state index contributed by atoms with van der Waals surface area (Å²) in [5.41, 5.74) is 1.71. The lowest BCUT2D eigenvalue weighted by Gasteiger charge is -2.33. The minimum atomic E-state index is -3.51. The molecule has 0 unspecified atom stereocenters. The summed E-state index contributed by atoms with van der Waals surface area (Å²) in [6.45, 7) is 5.18. The number of hydrogen-bond donors (Lipinski definition) is 1. The van der Waals surface area contributed by atoms with Crippen LogP contribution < -0.4 is 0 Å². The van der Waals surface area contributed by atoms with Crippen molar-refractivity contribution in [3.63, 3.8) is 0 Å². The minimum Gasteiger partial charge on any atom is -0.480 e. The van der Waals surface area contributed by atoms with E-state index in [4.69, 9.17) is 5.11 Å². The molecular formula is C14H20N2O4S. The summed E-state index contributed by atoms with van der Waals surface area (Å²) in [5.74, 6) is -0.888. The highest BCUT2D eigenvalue weighted by atomic mass is 32.2. The fourth-order valence-electron chi connectivity index (χ4n) is 2.46. The molecule has 1 aliphatic rings. The summed E-state index contributed by atoms with van der Waals surface area (Å²) in [5, 5.41) is 8.76. The lowest BCUT2D eigenvalue weighted by Crippen LogP contribution is -2.49. The van der Waals surface area contributed by atoms with Crippen molar-refractivity contribution in [1.29, 1.82) is 0 Å². The first-order valence-corrected chi connectivity index (χ1v) is 8.27. The van der Waals surface area contributed by atoms with Gasteiger partial charge in [-0.25, -0.2) is 8.42 Å². The van der Waals surface area contributed by atoms with Crippen LogP contribution in [0.1, 0.15) is 11.1 Å². The van der Waals surface area contributed by atoms with E-state index in [9.17, 15) is 13.2 Å². The first-order valence-electron chi connectivity index (χ1n) is 6.83. The Labute approximate surface area is 125 Å². The van der Waals surface area contributed by atoms with Gasteiger partial charge >= 0.3 is 5.97 Å². The van der Waals surface area contributed by atoms with Gasteiger partial charge in [0.2, 0.25) is 10.0 Å². The van der Waals surface area contributed by atoms with Crippen molar-refractivity contribution in [2.75, 3.05) is 32.7 Å². The second-order valence-corrected chi connectivity index (χ2v) is 7.18. The van der Waals surface area contributed by atoms with Gasteiger partial charge < -0.3 is 5.11 Å². The zero-order valence-electron chi connectivity index (χ0n) is 12.2. The summed E-state index contributed by atoms with van der Waals surface area (Å²) in [6.07, 6.45) is 0. The van der Waals surface area contributed by atoms with E-state index in [1.807, 2.05) is 19.9 Å². The second kappa shape index (κ2) is 6.13. The zero-order valence-corrected chi connectivity index (χ0v) is 13.1. The molecule has 1 saturated heterocycles. The highest BCUT2D eigenvalue weighted by molar-refractivity contribution is 7.89. The van der Waals surface area contributed by atoms with E-state index in [0.29, 0.717) is 31.1 Å². The third-order valence-corrected chi connectivity index (χ3v) is 5.91. The van der Waals surface area contributed by atoms with Crippen LogP contribution in [0.4, 0.5) is 0 Å². The van der Waals surface area contributed by atoms with Crippen LogP contribution in [-0.4, -0.2) is 61.4 Å². The molecule has 1 aromatic carbocycles. The van der Waals surface area contributed by atoms with Crippen LogP contribution >= 0.6 is 0 Å². The molecule has 0 aliphatic carbocycles. The third-order valence-electron chi connectivity index (χ3n) is 3.86. The minimum absolute atomic E-state index is 0.0443. The van der Waals surface area contributed by atoms with Crippen LogP contribution in [-0.2, 0) is 14.8 Å². The van der Waals surface area contributed by atoms with Crippen molar-refractivity contribution >= 4 is 16.0 Å². The Hall–Kier alpha value is -1.44. The predicted octanol–water partition coefficient (Wildman–Crippen LogP) is 0.694. The summed E-state index contributed by atoms with van der Waals surface area (Å²) in [4.78, 5) is 12.8. The topological polar surface area (TPSA) is 77.9 Å². The number of carbonyl (C=O) groups is 1. The number of rotatable bonds is 4. The van der Waals surface area contributed by atoms with Gasteiger partial charge in [-0.2, -0.15) is 4.31 Å². The molecule has 0 bridgehead atoms. The van der Waals surface area contributed by atoms with E-state index >= 15 is 0 Å². The first kappa shape index (κ1) is 15.9. The summed E-state index contributed by atoms with van der Waals surface area (Å²) >= 11 is 0. The second-order valence-electron chi connectivity index (χ2n) is 5.27. The van der Waals surface area contributed by atoms with Crippen LogP contribution in [0.5, 0.6) is 0 Å². The van der Waals surface area contributed by atoms with E-state index in [1.54, 1.807) is 17.0 Å². The number of carboxylic acid groups (broad SMARTS) is 1. The molecule has 7 heteroatoms. The van der Waals surface area contributed by atoms with E-state index in [0.717, 1.165) is 11.1 Å². The van der Waals surface area contributed by atoms with Crippen molar-refractivity contribution in [1.82, 2.24) is 9.21 Å². The quantitative estimate of drug-likeness (QED) is 0.885. The van der Waals surface area contributed by atoms with Crippen molar-refractivity contribution in [3.05, 3.63) is 29.3 Å². The van der Waals surface area contributed by atoms with E-state index < -0.39 is 16.0 Å². The largest absolute Gasteiger partial charge is 0.480 e. The Morgan fingerprint density at radius 1 is 1.19 bits per heavy atom. The molecule has 1 fully saturated rings. The molecule has 0 saturated carbocycles. The van der Waals surface area contributed by atoms with Gasteiger partial charge in [-0.15, -0.1) is 0 Å². The van der Waals surface area contributed by atoms with Crippen molar-refractivity contribution in [3.8, 4) is 0 Å². The standard InChI is InChI=1S/C14H20N2O4S/c1-11-4-3-5-13(12(11)2)21(19,20)16-8-6-15(7-9-16)10-14(17)18/h3-5H,6-10H2,1-2H3,(H,17,18). The molecule has 2 rings (SSSR count). The van der Waals surface area contributed by atoms with Gasteiger partial charge in [-0.05, 0) is 31.0 Å². The molecule has 6 nitrogen and oxygen atoms in total. The number of nitrogens with zero attached hydrogens (tertiary/aromatic N) is 2. The fraction of sp³-hybridized carbons (Fsp3) is 0.500. The molecule has 0 aromatic heterocycles. The molecule has 1 aromatic rings. The number of sulfonamides is 1. The maximum absolute atomic E-state index is 12.7. The lowest BCUT2D eigenvalue weighted by atomic mass is 10.1. The summed E-state index contributed by atoms with van der Waals surface area (Å²) in [6, 6.07) is 5.26. The molecule has 1 heterocycles. The fourth-order valence-corrected chi connectivity index (χ4v) is 4.18. The molecule has 0 spiro atoms. The Morgan fingerprint density at radius 2 is 1.81 bits per heavy atom. The van der Waals surface area contributed by atoms with E-state index in [-0.39, 0.29) is 6.54 Å². The van der Waals surface area contributed by atoms with Gasteiger partial charge in [0.15, 0.2) is 0 Å². The highest BCUT2D eigenvalue weighted by Gasteiger charge is 2.30. The lowest BCUT2D eigenvalue weighted by molar-refractivity contribution is -0.138. The maximum atomic E-state index is 12.7. The van der Waals surface area contributed by atoms with Gasteiger partial charge in [0.05, 0.1) is 11.4 Å². The third kappa shape index (κ3) is 3.42. The first-order chi connectivity index (χ1) is 9.82. The predicted molar refractivity (Wildman–Crippen MR) is 78.8 cm³/mol. The van der Waals surface area contributed by atoms with Gasteiger partial charge in [0, 0.05) is 26.2 Å². The highest BCUT2D eigenvalue weighted by Crippen LogP contribution is 2.23. The Kier molecular flexibility index (Phi) is 4.65. The average molecular weight is 312 g/mol. The van der Waals surface area contributed by atoms with Crippen LogP contribution in [0.15, 0.2) is 23.1 Å². The van der Waals surface area contributed by atoms with Crippen LogP contribution in [0.25, 0.3) is 0 Å². The average Bonchev–Trinajstić information content (AvgIpc) is 2.41. The van der Waals surface area contributed by atoms with Crippen molar-refractivity contribution < 1.29 is 18.3 Å². The molecule has 116 valence electrons. The monoisotopic (exact) mass is 312 g/mol. The Bertz CT molecular complexity index is 634.